The average Bonchev–Trinajstić information content (AvgIpc) is 2.45. The molecule has 0 aliphatic carbocycles. The van der Waals surface area contributed by atoms with Crippen LogP contribution in [0, 0.1) is 5.82 Å². The minimum atomic E-state index is -0.101. The number of benzene rings is 1. The maximum atomic E-state index is 14.0. The molecule has 1 nitrogen and oxygen atoms in total. The third-order valence-corrected chi connectivity index (χ3v) is 7.98. The lowest BCUT2D eigenvalue weighted by Crippen LogP contribution is -2.44. The predicted molar refractivity (Wildman–Crippen MR) is 98.0 cm³/mol. The van der Waals surface area contributed by atoms with E-state index in [9.17, 15) is 4.39 Å². The molecule has 0 spiro atoms. The van der Waals surface area contributed by atoms with Gasteiger partial charge in [0.25, 0.3) is 0 Å². The third-order valence-electron chi connectivity index (χ3n) is 3.94. The molecule has 0 saturated carbocycles. The van der Waals surface area contributed by atoms with Gasteiger partial charge in [-0.3, -0.25) is 0 Å². The number of rotatable bonds is 5. The van der Waals surface area contributed by atoms with Gasteiger partial charge < -0.3 is 5.32 Å². The molecule has 1 saturated heterocycles. The molecule has 1 N–H and O–H groups in total. The van der Waals surface area contributed by atoms with Gasteiger partial charge in [-0.1, -0.05) is 36.7 Å². The molecule has 21 heavy (non-hydrogen) atoms. The molecule has 0 bridgehead atoms. The van der Waals surface area contributed by atoms with Gasteiger partial charge >= 0.3 is 0 Å². The summed E-state index contributed by atoms with van der Waals surface area (Å²) in [7, 11) is 0. The summed E-state index contributed by atoms with van der Waals surface area (Å²) < 4.78 is 15.0. The van der Waals surface area contributed by atoms with Crippen molar-refractivity contribution in [1.29, 1.82) is 0 Å². The largest absolute Gasteiger partial charge is 0.313 e. The average molecular weight is 392 g/mol. The molecular weight excluding hydrogens is 369 g/mol. The minimum absolute atomic E-state index is 0.101. The fourth-order valence-corrected chi connectivity index (χ4v) is 6.09. The van der Waals surface area contributed by atoms with E-state index < -0.39 is 0 Å². The summed E-state index contributed by atoms with van der Waals surface area (Å²) in [5, 5.41) is 5.47. The molecule has 1 aliphatic heterocycles. The van der Waals surface area contributed by atoms with Gasteiger partial charge in [-0.15, -0.1) is 0 Å². The summed E-state index contributed by atoms with van der Waals surface area (Å²) in [5.74, 6) is 1.04. The highest BCUT2D eigenvalue weighted by Gasteiger charge is 2.31. The van der Waals surface area contributed by atoms with E-state index >= 15 is 0 Å². The summed E-state index contributed by atoms with van der Waals surface area (Å²) in [4.78, 5) is 0. The lowest BCUT2D eigenvalue weighted by Gasteiger charge is -2.36. The zero-order chi connectivity index (χ0) is 15.4. The predicted octanol–water partition coefficient (Wildman–Crippen LogP) is 4.73. The lowest BCUT2D eigenvalue weighted by atomic mass is 10.0. The van der Waals surface area contributed by atoms with Gasteiger partial charge in [-0.2, -0.15) is 23.5 Å². The Kier molecular flexibility index (Phi) is 6.91. The van der Waals surface area contributed by atoms with Gasteiger partial charge in [0.1, 0.15) is 5.82 Å². The Morgan fingerprint density at radius 1 is 1.38 bits per heavy atom. The Morgan fingerprint density at radius 3 is 2.81 bits per heavy atom. The Bertz CT molecular complexity index is 472. The molecule has 4 atom stereocenters. The number of likely N-dealkylation sites (N-methyl/N-ethyl adjacent to an activating group) is 1. The molecule has 2 rings (SSSR count). The normalized spacial score (nSPS) is 27.6. The van der Waals surface area contributed by atoms with E-state index in [0.717, 1.165) is 28.8 Å². The van der Waals surface area contributed by atoms with Gasteiger partial charge in [0, 0.05) is 32.0 Å². The topological polar surface area (TPSA) is 12.0 Å². The standard InChI is InChI=1S/C16H23BrFNS2/c1-4-19-15(16-9-20-10(2)11(3)21-16)8-12-7-13(17)5-6-14(12)18/h5-7,10-11,15-16,19H,4,8-9H2,1-3H3. The number of hydrogen-bond donors (Lipinski definition) is 1. The number of thioether (sulfide) groups is 2. The summed E-state index contributed by atoms with van der Waals surface area (Å²) >= 11 is 7.54. The molecule has 0 aromatic heterocycles. The van der Waals surface area contributed by atoms with Crippen molar-refractivity contribution in [3.05, 3.63) is 34.1 Å². The van der Waals surface area contributed by atoms with Crippen molar-refractivity contribution in [3.8, 4) is 0 Å². The van der Waals surface area contributed by atoms with E-state index in [-0.39, 0.29) is 5.82 Å². The highest BCUT2D eigenvalue weighted by molar-refractivity contribution is 9.10. The summed E-state index contributed by atoms with van der Waals surface area (Å²) in [6, 6.07) is 5.55. The number of halogens is 2. The summed E-state index contributed by atoms with van der Waals surface area (Å²) in [5.41, 5.74) is 0.798. The fourth-order valence-electron chi connectivity index (χ4n) is 2.55. The van der Waals surface area contributed by atoms with Crippen molar-refractivity contribution in [3.63, 3.8) is 0 Å². The first-order chi connectivity index (χ1) is 10.0. The second kappa shape index (κ2) is 8.23. The number of hydrogen-bond acceptors (Lipinski definition) is 3. The van der Waals surface area contributed by atoms with Crippen LogP contribution < -0.4 is 5.32 Å². The van der Waals surface area contributed by atoms with Gasteiger partial charge in [0.05, 0.1) is 0 Å². The van der Waals surface area contributed by atoms with E-state index in [1.54, 1.807) is 12.1 Å². The van der Waals surface area contributed by atoms with Crippen LogP contribution in [0.25, 0.3) is 0 Å². The van der Waals surface area contributed by atoms with Crippen molar-refractivity contribution < 1.29 is 4.39 Å². The molecule has 1 aromatic rings. The van der Waals surface area contributed by atoms with E-state index in [1.807, 2.05) is 17.8 Å². The number of nitrogens with one attached hydrogen (secondary N) is 1. The van der Waals surface area contributed by atoms with E-state index in [0.29, 0.717) is 21.8 Å². The van der Waals surface area contributed by atoms with Crippen LogP contribution in [-0.2, 0) is 6.42 Å². The van der Waals surface area contributed by atoms with E-state index in [1.165, 1.54) is 0 Å². The first-order valence-electron chi connectivity index (χ1n) is 7.45. The van der Waals surface area contributed by atoms with Crippen LogP contribution in [-0.4, -0.2) is 34.1 Å². The van der Waals surface area contributed by atoms with Gasteiger partial charge in [0.15, 0.2) is 0 Å². The Morgan fingerprint density at radius 2 is 2.14 bits per heavy atom. The van der Waals surface area contributed by atoms with Crippen molar-refractivity contribution in [1.82, 2.24) is 5.32 Å². The summed E-state index contributed by atoms with van der Waals surface area (Å²) in [6.45, 7) is 7.65. The van der Waals surface area contributed by atoms with Crippen molar-refractivity contribution >= 4 is 39.5 Å². The smallest absolute Gasteiger partial charge is 0.126 e. The molecule has 0 radical (unpaired) electrons. The van der Waals surface area contributed by atoms with Gasteiger partial charge in [0.2, 0.25) is 0 Å². The zero-order valence-electron chi connectivity index (χ0n) is 12.7. The maximum Gasteiger partial charge on any atom is 0.126 e. The summed E-state index contributed by atoms with van der Waals surface area (Å²) in [6.07, 6.45) is 0.748. The van der Waals surface area contributed by atoms with Crippen molar-refractivity contribution in [2.24, 2.45) is 0 Å². The SMILES string of the molecule is CCNC(Cc1cc(Br)ccc1F)C1CSC(C)C(C)S1. The second-order valence-electron chi connectivity index (χ2n) is 5.52. The van der Waals surface area contributed by atoms with Crippen molar-refractivity contribution in [2.45, 2.75) is 49.0 Å². The highest BCUT2D eigenvalue weighted by Crippen LogP contribution is 2.37. The van der Waals surface area contributed by atoms with Gasteiger partial charge in [-0.05, 0) is 36.7 Å². The molecule has 118 valence electrons. The Hall–Kier alpha value is 0.290. The van der Waals surface area contributed by atoms with Gasteiger partial charge in [-0.25, -0.2) is 4.39 Å². The first kappa shape index (κ1) is 17.6. The highest BCUT2D eigenvalue weighted by atomic mass is 79.9. The monoisotopic (exact) mass is 391 g/mol. The van der Waals surface area contributed by atoms with E-state index in [2.05, 4.69) is 53.8 Å². The lowest BCUT2D eigenvalue weighted by molar-refractivity contribution is 0.505. The van der Waals surface area contributed by atoms with Crippen LogP contribution in [0.1, 0.15) is 26.3 Å². The second-order valence-corrected chi connectivity index (χ2v) is 9.47. The molecule has 1 fully saturated rings. The minimum Gasteiger partial charge on any atom is -0.313 e. The first-order valence-corrected chi connectivity index (χ1v) is 10.2. The van der Waals surface area contributed by atoms with E-state index in [4.69, 9.17) is 0 Å². The molecular formula is C16H23BrFNS2. The molecule has 4 unspecified atom stereocenters. The third kappa shape index (κ3) is 4.88. The Balaban J connectivity index is 2.10. The van der Waals surface area contributed by atoms with Crippen molar-refractivity contribution in [2.75, 3.05) is 12.3 Å². The van der Waals surface area contributed by atoms with Crippen LogP contribution in [0.15, 0.2) is 22.7 Å². The maximum absolute atomic E-state index is 14.0. The molecule has 1 aliphatic rings. The van der Waals surface area contributed by atoms with Crippen LogP contribution in [0.5, 0.6) is 0 Å². The zero-order valence-corrected chi connectivity index (χ0v) is 16.0. The van der Waals surface area contributed by atoms with Crippen LogP contribution in [0.3, 0.4) is 0 Å². The Labute approximate surface area is 144 Å². The quantitative estimate of drug-likeness (QED) is 0.778. The molecule has 1 aromatic carbocycles. The molecule has 0 amide bonds. The van der Waals surface area contributed by atoms with Crippen LogP contribution in [0.2, 0.25) is 0 Å². The van der Waals surface area contributed by atoms with Crippen LogP contribution in [0.4, 0.5) is 4.39 Å². The fraction of sp³-hybridized carbons (Fsp3) is 0.625. The molecule has 5 heteroatoms. The molecule has 1 heterocycles. The van der Waals surface area contributed by atoms with Crippen LogP contribution >= 0.6 is 39.5 Å².